The van der Waals surface area contributed by atoms with Crippen molar-refractivity contribution in [2.75, 3.05) is 0 Å². The molecule has 2 aromatic carbocycles. The summed E-state index contributed by atoms with van der Waals surface area (Å²) in [4.78, 5) is 13.0. The Kier molecular flexibility index (Phi) is 4.58. The summed E-state index contributed by atoms with van der Waals surface area (Å²) in [5, 5.41) is 11.9. The summed E-state index contributed by atoms with van der Waals surface area (Å²) in [5.41, 5.74) is 3.21. The number of hydrogen-bond acceptors (Lipinski definition) is 3. The Morgan fingerprint density at radius 3 is 2.56 bits per heavy atom. The van der Waals surface area contributed by atoms with E-state index < -0.39 is 11.7 Å². The number of halogens is 2. The molecule has 0 spiro atoms. The molecule has 0 radical (unpaired) electrons. The van der Waals surface area contributed by atoms with E-state index in [1.165, 1.54) is 0 Å². The van der Waals surface area contributed by atoms with E-state index in [0.29, 0.717) is 28.5 Å². The van der Waals surface area contributed by atoms with Crippen LogP contribution in [0.2, 0.25) is 10.0 Å². The summed E-state index contributed by atoms with van der Waals surface area (Å²) < 4.78 is 5.79. The Hall–Kier alpha value is -1.81. The first-order valence-corrected chi connectivity index (χ1v) is 9.84. The number of aliphatic hydroxyl groups is 1. The van der Waals surface area contributed by atoms with Gasteiger partial charge in [-0.2, -0.15) is 0 Å². The summed E-state index contributed by atoms with van der Waals surface area (Å²) in [5.74, 6) is -0.0919. The van der Waals surface area contributed by atoms with E-state index in [-0.39, 0.29) is 11.5 Å². The summed E-state index contributed by atoms with van der Waals surface area (Å²) in [6.07, 6.45) is 1.56. The fourth-order valence-electron chi connectivity index (χ4n) is 3.97. The molecule has 5 heteroatoms. The SMILES string of the molecule is CCc1ccc(-c2ccc(Cl)c(Cl)c2)cc1C1=C(O)[C@@]2(C)CC[C@@H](O2)C1=O. The van der Waals surface area contributed by atoms with Crippen LogP contribution in [0, 0.1) is 0 Å². The first-order chi connectivity index (χ1) is 12.8. The molecule has 0 unspecified atom stereocenters. The number of Topliss-reactive ketones (excluding diaryl/α,β-unsaturated/α-hetero) is 1. The van der Waals surface area contributed by atoms with Crippen molar-refractivity contribution in [1.82, 2.24) is 0 Å². The van der Waals surface area contributed by atoms with Crippen molar-refractivity contribution in [3.63, 3.8) is 0 Å². The van der Waals surface area contributed by atoms with Crippen LogP contribution in [0.1, 0.15) is 37.8 Å². The van der Waals surface area contributed by atoms with Crippen LogP contribution in [0.5, 0.6) is 0 Å². The number of rotatable bonds is 3. The third kappa shape index (κ3) is 2.98. The van der Waals surface area contributed by atoms with E-state index in [1.54, 1.807) is 12.1 Å². The lowest BCUT2D eigenvalue weighted by Crippen LogP contribution is -2.37. The molecular weight excluding hydrogens is 383 g/mol. The zero-order valence-corrected chi connectivity index (χ0v) is 16.7. The number of hydrogen-bond donors (Lipinski definition) is 1. The lowest BCUT2D eigenvalue weighted by atomic mass is 9.86. The second-order valence-corrected chi connectivity index (χ2v) is 8.13. The molecule has 4 rings (SSSR count). The van der Waals surface area contributed by atoms with E-state index in [2.05, 4.69) is 0 Å². The Morgan fingerprint density at radius 2 is 1.85 bits per heavy atom. The van der Waals surface area contributed by atoms with Gasteiger partial charge < -0.3 is 9.84 Å². The minimum absolute atomic E-state index is 0.0437. The van der Waals surface area contributed by atoms with Crippen molar-refractivity contribution in [3.8, 4) is 11.1 Å². The number of benzene rings is 2. The Morgan fingerprint density at radius 1 is 1.15 bits per heavy atom. The maximum Gasteiger partial charge on any atom is 0.195 e. The van der Waals surface area contributed by atoms with Gasteiger partial charge in [-0.15, -0.1) is 0 Å². The number of carbonyl (C=O) groups excluding carboxylic acids is 1. The van der Waals surface area contributed by atoms with Crippen LogP contribution >= 0.6 is 23.2 Å². The molecular formula is C22H20Cl2O3. The monoisotopic (exact) mass is 402 g/mol. The van der Waals surface area contributed by atoms with E-state index in [0.717, 1.165) is 28.7 Å². The van der Waals surface area contributed by atoms with Gasteiger partial charge in [0.1, 0.15) is 17.5 Å². The predicted octanol–water partition coefficient (Wildman–Crippen LogP) is 6.01. The van der Waals surface area contributed by atoms with Gasteiger partial charge >= 0.3 is 0 Å². The minimum atomic E-state index is -0.779. The van der Waals surface area contributed by atoms with Gasteiger partial charge in [0.15, 0.2) is 5.78 Å². The number of carbonyl (C=O) groups is 1. The van der Waals surface area contributed by atoms with E-state index in [4.69, 9.17) is 27.9 Å². The minimum Gasteiger partial charge on any atom is -0.508 e. The maximum absolute atomic E-state index is 13.0. The van der Waals surface area contributed by atoms with Gasteiger partial charge in [-0.25, -0.2) is 0 Å². The number of fused-ring (bicyclic) bond motifs is 2. The summed E-state index contributed by atoms with van der Waals surface area (Å²) >= 11 is 12.2. The van der Waals surface area contributed by atoms with E-state index in [1.807, 2.05) is 38.1 Å². The first kappa shape index (κ1) is 18.5. The number of aryl methyl sites for hydroxylation is 1. The van der Waals surface area contributed by atoms with Gasteiger partial charge in [0.2, 0.25) is 0 Å². The highest BCUT2D eigenvalue weighted by molar-refractivity contribution is 6.42. The smallest absolute Gasteiger partial charge is 0.195 e. The van der Waals surface area contributed by atoms with Gasteiger partial charge in [-0.3, -0.25) is 4.79 Å². The lowest BCUT2D eigenvalue weighted by molar-refractivity contribution is -0.130. The van der Waals surface area contributed by atoms with Crippen molar-refractivity contribution < 1.29 is 14.6 Å². The normalized spacial score (nSPS) is 24.6. The maximum atomic E-state index is 13.0. The van der Waals surface area contributed by atoms with Crippen molar-refractivity contribution in [1.29, 1.82) is 0 Å². The molecule has 0 amide bonds. The highest BCUT2D eigenvalue weighted by Gasteiger charge is 2.50. The van der Waals surface area contributed by atoms with Crippen molar-refractivity contribution in [2.45, 2.75) is 44.8 Å². The molecule has 1 saturated heterocycles. The molecule has 1 N–H and O–H groups in total. The molecule has 0 aromatic heterocycles. The van der Waals surface area contributed by atoms with Crippen LogP contribution in [0.4, 0.5) is 0 Å². The lowest BCUT2D eigenvalue weighted by Gasteiger charge is -2.31. The molecule has 0 aliphatic carbocycles. The topological polar surface area (TPSA) is 46.5 Å². The summed E-state index contributed by atoms with van der Waals surface area (Å²) in [7, 11) is 0. The van der Waals surface area contributed by atoms with Gasteiger partial charge in [-0.1, -0.05) is 48.3 Å². The second kappa shape index (κ2) is 6.66. The molecule has 2 bridgehead atoms. The fraction of sp³-hybridized carbons (Fsp3) is 0.318. The largest absolute Gasteiger partial charge is 0.508 e. The number of ketones is 1. The standard InChI is InChI=1S/C22H20Cl2O3/c1-3-12-4-5-13(14-6-7-16(23)17(24)11-14)10-15(12)19-20(25)18-8-9-22(2,27-18)21(19)26/h4-7,10-11,18,26H,3,8-9H2,1-2H3/t18-,22-/m1/s1. The first-order valence-electron chi connectivity index (χ1n) is 9.08. The van der Waals surface area contributed by atoms with Crippen LogP contribution in [-0.2, 0) is 16.0 Å². The van der Waals surface area contributed by atoms with Crippen LogP contribution in [0.25, 0.3) is 16.7 Å². The van der Waals surface area contributed by atoms with Crippen LogP contribution < -0.4 is 0 Å². The molecule has 2 heterocycles. The Labute approximate surface area is 168 Å². The molecule has 2 aromatic rings. The van der Waals surface area contributed by atoms with E-state index >= 15 is 0 Å². The Balaban J connectivity index is 1.89. The average Bonchev–Trinajstić information content (AvgIpc) is 3.03. The van der Waals surface area contributed by atoms with Crippen molar-refractivity contribution in [3.05, 3.63) is 63.3 Å². The third-order valence-electron chi connectivity index (χ3n) is 5.58. The van der Waals surface area contributed by atoms with Crippen molar-refractivity contribution in [2.24, 2.45) is 0 Å². The predicted molar refractivity (Wildman–Crippen MR) is 108 cm³/mol. The third-order valence-corrected chi connectivity index (χ3v) is 6.31. The highest BCUT2D eigenvalue weighted by atomic mass is 35.5. The molecule has 2 atom stereocenters. The van der Waals surface area contributed by atoms with Crippen LogP contribution in [-0.4, -0.2) is 22.6 Å². The molecule has 0 saturated carbocycles. The number of aliphatic hydroxyl groups excluding tert-OH is 1. The fourth-order valence-corrected chi connectivity index (χ4v) is 4.27. The molecule has 2 aliphatic heterocycles. The van der Waals surface area contributed by atoms with Gasteiger partial charge in [0.25, 0.3) is 0 Å². The van der Waals surface area contributed by atoms with Gasteiger partial charge in [0, 0.05) is 0 Å². The summed E-state index contributed by atoms with van der Waals surface area (Å²) in [6.45, 7) is 3.89. The van der Waals surface area contributed by atoms with Crippen LogP contribution in [0.3, 0.4) is 0 Å². The van der Waals surface area contributed by atoms with Gasteiger partial charge in [-0.05, 0) is 66.6 Å². The molecule has 27 heavy (non-hydrogen) atoms. The molecule has 1 fully saturated rings. The zero-order chi connectivity index (χ0) is 19.3. The van der Waals surface area contributed by atoms with Crippen LogP contribution in [0.15, 0.2) is 42.2 Å². The second-order valence-electron chi connectivity index (χ2n) is 7.32. The van der Waals surface area contributed by atoms with E-state index in [9.17, 15) is 9.90 Å². The molecule has 2 aliphatic rings. The zero-order valence-electron chi connectivity index (χ0n) is 15.2. The van der Waals surface area contributed by atoms with Crippen molar-refractivity contribution >= 4 is 34.6 Å². The van der Waals surface area contributed by atoms with Gasteiger partial charge in [0.05, 0.1) is 15.6 Å². The molecule has 140 valence electrons. The quantitative estimate of drug-likeness (QED) is 0.683. The average molecular weight is 403 g/mol. The highest BCUT2D eigenvalue weighted by Crippen LogP contribution is 2.45. The Bertz CT molecular complexity index is 980. The summed E-state index contributed by atoms with van der Waals surface area (Å²) in [6, 6.07) is 11.4. The number of ether oxygens (including phenoxy) is 1. The molecule has 3 nitrogen and oxygen atoms in total.